The van der Waals surface area contributed by atoms with E-state index in [1.807, 2.05) is 32.0 Å². The van der Waals surface area contributed by atoms with Crippen molar-refractivity contribution < 1.29 is 9.53 Å². The van der Waals surface area contributed by atoms with Crippen LogP contribution in [-0.2, 0) is 9.53 Å². The number of anilines is 2. The Labute approximate surface area is 154 Å². The van der Waals surface area contributed by atoms with Crippen LogP contribution in [0, 0.1) is 17.2 Å². The highest BCUT2D eigenvalue weighted by Gasteiger charge is 2.29. The van der Waals surface area contributed by atoms with Gasteiger partial charge in [0, 0.05) is 13.1 Å². The molecule has 1 fully saturated rings. The second-order valence-corrected chi connectivity index (χ2v) is 7.01. The fourth-order valence-electron chi connectivity index (χ4n) is 2.58. The van der Waals surface area contributed by atoms with Crippen molar-refractivity contribution in [3.8, 4) is 6.07 Å². The normalized spacial score (nSPS) is 16.9. The van der Waals surface area contributed by atoms with Crippen molar-refractivity contribution in [3.05, 3.63) is 23.2 Å². The zero-order valence-electron chi connectivity index (χ0n) is 14.9. The lowest BCUT2D eigenvalue weighted by atomic mass is 9.90. The summed E-state index contributed by atoms with van der Waals surface area (Å²) < 4.78 is 5.39. The van der Waals surface area contributed by atoms with Gasteiger partial charge in [-0.25, -0.2) is 0 Å². The predicted octanol–water partition coefficient (Wildman–Crippen LogP) is 2.64. The molecule has 7 heteroatoms. The topological polar surface area (TPSA) is 77.4 Å². The molecule has 6 nitrogen and oxygen atoms in total. The number of nitrogens with zero attached hydrogens (tertiary/aromatic N) is 2. The molecule has 0 aromatic heterocycles. The van der Waals surface area contributed by atoms with Crippen molar-refractivity contribution in [3.63, 3.8) is 0 Å². The van der Waals surface area contributed by atoms with E-state index in [-0.39, 0.29) is 18.4 Å². The van der Waals surface area contributed by atoms with E-state index in [2.05, 4.69) is 21.6 Å². The van der Waals surface area contributed by atoms with Crippen molar-refractivity contribution >= 4 is 28.9 Å². The number of carbonyl (C=O) groups excluding carboxylic acids is 1. The van der Waals surface area contributed by atoms with Gasteiger partial charge in [0.05, 0.1) is 42.2 Å². The summed E-state index contributed by atoms with van der Waals surface area (Å²) >= 11 is 6.38. The van der Waals surface area contributed by atoms with Gasteiger partial charge in [-0.1, -0.05) is 31.5 Å². The first-order valence-corrected chi connectivity index (χ1v) is 8.82. The van der Waals surface area contributed by atoms with Gasteiger partial charge in [-0.05, 0) is 25.0 Å². The molecular formula is C18H25ClN4O2. The van der Waals surface area contributed by atoms with Crippen LogP contribution in [0.25, 0.3) is 0 Å². The van der Waals surface area contributed by atoms with Gasteiger partial charge in [0.1, 0.15) is 5.54 Å². The van der Waals surface area contributed by atoms with Gasteiger partial charge in [0.15, 0.2) is 0 Å². The molecule has 1 aromatic rings. The van der Waals surface area contributed by atoms with Crippen molar-refractivity contribution in [2.75, 3.05) is 43.1 Å². The molecule has 0 radical (unpaired) electrons. The number of ether oxygens (including phenoxy) is 1. The zero-order chi connectivity index (χ0) is 18.4. The van der Waals surface area contributed by atoms with Gasteiger partial charge in [-0.3, -0.25) is 4.79 Å². The molecule has 25 heavy (non-hydrogen) atoms. The van der Waals surface area contributed by atoms with Crippen LogP contribution in [0.5, 0.6) is 0 Å². The molecule has 1 unspecified atom stereocenters. The summed E-state index contributed by atoms with van der Waals surface area (Å²) in [7, 11) is 0. The minimum atomic E-state index is -0.889. The van der Waals surface area contributed by atoms with E-state index in [4.69, 9.17) is 16.3 Å². The third-order valence-electron chi connectivity index (χ3n) is 4.54. The number of amides is 1. The first-order chi connectivity index (χ1) is 11.9. The number of halogens is 1. The molecule has 0 saturated carbocycles. The number of morpholine rings is 1. The van der Waals surface area contributed by atoms with E-state index < -0.39 is 5.54 Å². The number of hydrogen-bond donors (Lipinski definition) is 2. The fraction of sp³-hybridized carbons (Fsp3) is 0.556. The Morgan fingerprint density at radius 1 is 1.44 bits per heavy atom. The van der Waals surface area contributed by atoms with Gasteiger partial charge in [0.25, 0.3) is 0 Å². The number of carbonyl (C=O) groups is 1. The molecule has 1 amide bonds. The SMILES string of the molecule is CC(C)C(C)(C#N)NC(=O)CNc1cccc(Cl)c1N1CCOCC1. The number of benzene rings is 1. The van der Waals surface area contributed by atoms with Gasteiger partial charge in [-0.15, -0.1) is 0 Å². The Balaban J connectivity index is 2.07. The lowest BCUT2D eigenvalue weighted by molar-refractivity contribution is -0.121. The Bertz CT molecular complexity index is 653. The first-order valence-electron chi connectivity index (χ1n) is 8.44. The molecule has 1 heterocycles. The van der Waals surface area contributed by atoms with E-state index in [0.29, 0.717) is 18.2 Å². The second-order valence-electron chi connectivity index (χ2n) is 6.61. The smallest absolute Gasteiger partial charge is 0.240 e. The third-order valence-corrected chi connectivity index (χ3v) is 4.84. The zero-order valence-corrected chi connectivity index (χ0v) is 15.7. The molecule has 2 N–H and O–H groups in total. The molecule has 1 atom stereocenters. The van der Waals surface area contributed by atoms with Crippen molar-refractivity contribution in [1.29, 1.82) is 5.26 Å². The van der Waals surface area contributed by atoms with Gasteiger partial charge in [0.2, 0.25) is 5.91 Å². The van der Waals surface area contributed by atoms with Crippen molar-refractivity contribution in [2.45, 2.75) is 26.3 Å². The molecule has 0 aliphatic carbocycles. The maximum atomic E-state index is 12.3. The maximum Gasteiger partial charge on any atom is 0.240 e. The molecule has 1 aliphatic rings. The highest BCUT2D eigenvalue weighted by atomic mass is 35.5. The van der Waals surface area contributed by atoms with E-state index in [9.17, 15) is 10.1 Å². The minimum Gasteiger partial charge on any atom is -0.378 e. The molecule has 2 rings (SSSR count). The van der Waals surface area contributed by atoms with Crippen LogP contribution in [0.2, 0.25) is 5.02 Å². The lowest BCUT2D eigenvalue weighted by Crippen LogP contribution is -2.50. The number of nitriles is 1. The fourth-order valence-corrected chi connectivity index (χ4v) is 2.87. The highest BCUT2D eigenvalue weighted by Crippen LogP contribution is 2.34. The standard InChI is InChI=1S/C18H25ClN4O2/c1-13(2)18(3,12-20)22-16(24)11-21-15-6-4-5-14(19)17(15)23-7-9-25-10-8-23/h4-6,13,21H,7-11H2,1-3H3,(H,22,24). The highest BCUT2D eigenvalue weighted by molar-refractivity contribution is 6.34. The van der Waals surface area contributed by atoms with Crippen LogP contribution < -0.4 is 15.5 Å². The molecule has 1 aliphatic heterocycles. The van der Waals surface area contributed by atoms with Crippen LogP contribution in [0.1, 0.15) is 20.8 Å². The molecule has 1 saturated heterocycles. The summed E-state index contributed by atoms with van der Waals surface area (Å²) in [5.74, 6) is -0.220. The first kappa shape index (κ1) is 19.4. The van der Waals surface area contributed by atoms with Crippen molar-refractivity contribution in [2.24, 2.45) is 5.92 Å². The summed E-state index contributed by atoms with van der Waals surface area (Å²) in [6.07, 6.45) is 0. The predicted molar refractivity (Wildman–Crippen MR) is 100.0 cm³/mol. The molecule has 0 spiro atoms. The van der Waals surface area contributed by atoms with Gasteiger partial charge < -0.3 is 20.3 Å². The second kappa shape index (κ2) is 8.41. The summed E-state index contributed by atoms with van der Waals surface area (Å²) in [6.45, 7) is 8.43. The number of nitrogens with one attached hydrogen (secondary N) is 2. The van der Waals surface area contributed by atoms with Crippen molar-refractivity contribution in [1.82, 2.24) is 5.32 Å². The third kappa shape index (κ3) is 4.77. The van der Waals surface area contributed by atoms with Crippen LogP contribution in [0.15, 0.2) is 18.2 Å². The van der Waals surface area contributed by atoms with Gasteiger partial charge >= 0.3 is 0 Å². The Morgan fingerprint density at radius 3 is 2.72 bits per heavy atom. The largest absolute Gasteiger partial charge is 0.378 e. The van der Waals surface area contributed by atoms with E-state index in [1.165, 1.54) is 0 Å². The molecular weight excluding hydrogens is 340 g/mol. The lowest BCUT2D eigenvalue weighted by Gasteiger charge is -2.31. The number of para-hydroxylation sites is 1. The summed E-state index contributed by atoms with van der Waals surface area (Å²) in [4.78, 5) is 14.4. The minimum absolute atomic E-state index is 0.0107. The summed E-state index contributed by atoms with van der Waals surface area (Å²) in [6, 6.07) is 7.76. The Kier molecular flexibility index (Phi) is 6.51. The quantitative estimate of drug-likeness (QED) is 0.811. The van der Waals surface area contributed by atoms with E-state index in [0.717, 1.165) is 24.5 Å². The number of hydrogen-bond acceptors (Lipinski definition) is 5. The summed E-state index contributed by atoms with van der Waals surface area (Å²) in [5, 5.41) is 15.9. The average Bonchev–Trinajstić information content (AvgIpc) is 2.60. The summed E-state index contributed by atoms with van der Waals surface area (Å²) in [5.41, 5.74) is 0.792. The van der Waals surface area contributed by atoms with Gasteiger partial charge in [-0.2, -0.15) is 5.26 Å². The average molecular weight is 365 g/mol. The van der Waals surface area contributed by atoms with Crippen LogP contribution in [-0.4, -0.2) is 44.3 Å². The molecule has 0 bridgehead atoms. The van der Waals surface area contributed by atoms with E-state index >= 15 is 0 Å². The Hall–Kier alpha value is -1.97. The maximum absolute atomic E-state index is 12.3. The molecule has 1 aromatic carbocycles. The van der Waals surface area contributed by atoms with Crippen LogP contribution >= 0.6 is 11.6 Å². The Morgan fingerprint density at radius 2 is 2.12 bits per heavy atom. The molecule has 136 valence electrons. The monoisotopic (exact) mass is 364 g/mol. The number of rotatable bonds is 6. The van der Waals surface area contributed by atoms with Crippen LogP contribution in [0.3, 0.4) is 0 Å². The van der Waals surface area contributed by atoms with E-state index in [1.54, 1.807) is 6.92 Å². The van der Waals surface area contributed by atoms with Crippen LogP contribution in [0.4, 0.5) is 11.4 Å².